The fourth-order valence-corrected chi connectivity index (χ4v) is 4.48. The van der Waals surface area contributed by atoms with Crippen LogP contribution in [-0.2, 0) is 0 Å². The molecule has 0 bridgehead atoms. The highest BCUT2D eigenvalue weighted by molar-refractivity contribution is 7.20. The minimum absolute atomic E-state index is 0.0332. The molecule has 2 aromatic rings. The van der Waals surface area contributed by atoms with E-state index in [-0.39, 0.29) is 5.78 Å². The summed E-state index contributed by atoms with van der Waals surface area (Å²) < 4.78 is 1.03. The molecule has 0 aromatic carbocycles. The number of thiophene rings is 1. The van der Waals surface area contributed by atoms with Crippen molar-refractivity contribution < 1.29 is 4.79 Å². The van der Waals surface area contributed by atoms with E-state index in [1.807, 2.05) is 11.6 Å². The SMILES string of the molecule is O=C(CN1CCN(c2nccs2)CC1)c1cc(Cl)sc1Cl. The van der Waals surface area contributed by atoms with Gasteiger partial charge in [0.1, 0.15) is 4.34 Å². The molecule has 0 aliphatic carbocycles. The minimum atomic E-state index is 0.0332. The Morgan fingerprint density at radius 3 is 2.62 bits per heavy atom. The zero-order chi connectivity index (χ0) is 14.8. The van der Waals surface area contributed by atoms with Crippen LogP contribution in [0.15, 0.2) is 17.6 Å². The largest absolute Gasteiger partial charge is 0.346 e. The summed E-state index contributed by atoms with van der Waals surface area (Å²) in [6, 6.07) is 1.66. The highest BCUT2D eigenvalue weighted by Crippen LogP contribution is 2.31. The number of halogens is 2. The summed E-state index contributed by atoms with van der Waals surface area (Å²) in [7, 11) is 0. The van der Waals surface area contributed by atoms with Gasteiger partial charge in [0.05, 0.1) is 16.4 Å². The molecule has 1 aliphatic rings. The van der Waals surface area contributed by atoms with Gasteiger partial charge in [-0.05, 0) is 6.07 Å². The van der Waals surface area contributed by atoms with E-state index in [2.05, 4.69) is 14.8 Å². The maximum absolute atomic E-state index is 12.3. The summed E-state index contributed by atoms with van der Waals surface area (Å²) in [6.45, 7) is 3.86. The van der Waals surface area contributed by atoms with E-state index in [9.17, 15) is 4.79 Å². The Kier molecular flexibility index (Phi) is 4.81. The lowest BCUT2D eigenvalue weighted by Crippen LogP contribution is -2.48. The number of hydrogen-bond donors (Lipinski definition) is 0. The van der Waals surface area contributed by atoms with E-state index in [1.54, 1.807) is 17.4 Å². The topological polar surface area (TPSA) is 36.4 Å². The van der Waals surface area contributed by atoms with Crippen molar-refractivity contribution >= 4 is 56.8 Å². The van der Waals surface area contributed by atoms with Crippen molar-refractivity contribution in [1.29, 1.82) is 0 Å². The van der Waals surface area contributed by atoms with Gasteiger partial charge in [0.25, 0.3) is 0 Å². The third-order valence-electron chi connectivity index (χ3n) is 3.39. The Bertz CT molecular complexity index is 621. The summed E-state index contributed by atoms with van der Waals surface area (Å²) in [5.41, 5.74) is 0.536. The van der Waals surface area contributed by atoms with E-state index in [0.717, 1.165) is 31.3 Å². The average Bonchev–Trinajstić information content (AvgIpc) is 3.09. The molecule has 112 valence electrons. The van der Waals surface area contributed by atoms with Gasteiger partial charge in [0, 0.05) is 37.8 Å². The van der Waals surface area contributed by atoms with Gasteiger partial charge in [0.15, 0.2) is 10.9 Å². The monoisotopic (exact) mass is 361 g/mol. The lowest BCUT2D eigenvalue weighted by Gasteiger charge is -2.34. The molecule has 1 aliphatic heterocycles. The standard InChI is InChI=1S/C13H13Cl2N3OS2/c14-11-7-9(12(15)21-11)10(19)8-17-2-4-18(5-3-17)13-16-1-6-20-13/h1,6-7H,2-5,8H2. The van der Waals surface area contributed by atoms with Crippen LogP contribution in [0.1, 0.15) is 10.4 Å². The van der Waals surface area contributed by atoms with Gasteiger partial charge in [-0.3, -0.25) is 9.69 Å². The van der Waals surface area contributed by atoms with Crippen molar-refractivity contribution in [3.8, 4) is 0 Å². The lowest BCUT2D eigenvalue weighted by molar-refractivity contribution is 0.0927. The Morgan fingerprint density at radius 1 is 1.29 bits per heavy atom. The molecule has 0 saturated carbocycles. The van der Waals surface area contributed by atoms with Crippen LogP contribution in [0.2, 0.25) is 8.67 Å². The average molecular weight is 362 g/mol. The third-order valence-corrected chi connectivity index (χ3v) is 5.71. The van der Waals surface area contributed by atoms with Gasteiger partial charge in [-0.1, -0.05) is 23.2 Å². The lowest BCUT2D eigenvalue weighted by atomic mass is 10.2. The second-order valence-corrected chi connectivity index (χ2v) is 7.90. The van der Waals surface area contributed by atoms with E-state index in [0.29, 0.717) is 20.8 Å². The van der Waals surface area contributed by atoms with Crippen molar-refractivity contribution in [3.63, 3.8) is 0 Å². The maximum Gasteiger partial charge on any atom is 0.185 e. The number of carbonyl (C=O) groups is 1. The number of aromatic nitrogens is 1. The van der Waals surface area contributed by atoms with E-state index >= 15 is 0 Å². The summed E-state index contributed by atoms with van der Waals surface area (Å²) in [5, 5.41) is 3.03. The molecule has 0 unspecified atom stereocenters. The molecule has 0 radical (unpaired) electrons. The van der Waals surface area contributed by atoms with Crippen LogP contribution in [0.25, 0.3) is 0 Å². The van der Waals surface area contributed by atoms with Gasteiger partial charge in [-0.15, -0.1) is 22.7 Å². The molecule has 1 saturated heterocycles. The number of rotatable bonds is 4. The summed E-state index contributed by atoms with van der Waals surface area (Å²) in [4.78, 5) is 21.0. The first-order chi connectivity index (χ1) is 10.1. The number of carbonyl (C=O) groups excluding carboxylic acids is 1. The molecule has 8 heteroatoms. The number of Topliss-reactive ketones (excluding diaryl/α,β-unsaturated/α-hetero) is 1. The Labute approximate surface area is 140 Å². The van der Waals surface area contributed by atoms with Crippen LogP contribution in [0.4, 0.5) is 5.13 Å². The highest BCUT2D eigenvalue weighted by atomic mass is 35.5. The number of piperazine rings is 1. The predicted octanol–water partition coefficient (Wildman–Crippen LogP) is 3.52. The molecule has 3 rings (SSSR count). The molecule has 0 amide bonds. The van der Waals surface area contributed by atoms with Crippen LogP contribution in [0.3, 0.4) is 0 Å². The molecule has 4 nitrogen and oxygen atoms in total. The second-order valence-electron chi connectivity index (χ2n) is 4.74. The number of nitrogens with zero attached hydrogens (tertiary/aromatic N) is 3. The predicted molar refractivity (Wildman–Crippen MR) is 89.4 cm³/mol. The number of anilines is 1. The number of thiazole rings is 1. The van der Waals surface area contributed by atoms with Crippen molar-refractivity contribution in [1.82, 2.24) is 9.88 Å². The quantitative estimate of drug-likeness (QED) is 0.780. The van der Waals surface area contributed by atoms with Crippen LogP contribution in [0.5, 0.6) is 0 Å². The second kappa shape index (κ2) is 6.62. The minimum Gasteiger partial charge on any atom is -0.346 e. The Morgan fingerprint density at radius 2 is 2.05 bits per heavy atom. The first kappa shape index (κ1) is 15.2. The molecule has 1 fully saturated rings. The molecule has 0 atom stereocenters. The fraction of sp³-hybridized carbons (Fsp3) is 0.385. The van der Waals surface area contributed by atoms with Crippen LogP contribution in [0, 0.1) is 0 Å². The molecule has 21 heavy (non-hydrogen) atoms. The maximum atomic E-state index is 12.3. The van der Waals surface area contributed by atoms with Gasteiger partial charge in [-0.25, -0.2) is 4.98 Å². The summed E-state index contributed by atoms with van der Waals surface area (Å²) in [6.07, 6.45) is 1.82. The smallest absolute Gasteiger partial charge is 0.185 e. The number of ketones is 1. The van der Waals surface area contributed by atoms with Crippen LogP contribution >= 0.6 is 45.9 Å². The van der Waals surface area contributed by atoms with Crippen molar-refractivity contribution in [2.75, 3.05) is 37.6 Å². The van der Waals surface area contributed by atoms with Gasteiger partial charge in [-0.2, -0.15) is 0 Å². The summed E-state index contributed by atoms with van der Waals surface area (Å²) in [5.74, 6) is 0.0332. The highest BCUT2D eigenvalue weighted by Gasteiger charge is 2.22. The third kappa shape index (κ3) is 3.57. The summed E-state index contributed by atoms with van der Waals surface area (Å²) >= 11 is 14.8. The van der Waals surface area contributed by atoms with Gasteiger partial charge >= 0.3 is 0 Å². The fourth-order valence-electron chi connectivity index (χ4n) is 2.29. The van der Waals surface area contributed by atoms with E-state index < -0.39 is 0 Å². The van der Waals surface area contributed by atoms with Crippen LogP contribution in [-0.4, -0.2) is 48.4 Å². The zero-order valence-corrected chi connectivity index (χ0v) is 14.2. The van der Waals surface area contributed by atoms with Crippen molar-refractivity contribution in [3.05, 3.63) is 31.9 Å². The van der Waals surface area contributed by atoms with E-state index in [1.165, 1.54) is 11.3 Å². The zero-order valence-electron chi connectivity index (χ0n) is 11.1. The van der Waals surface area contributed by atoms with Gasteiger partial charge in [0.2, 0.25) is 0 Å². The molecule has 3 heterocycles. The van der Waals surface area contributed by atoms with Gasteiger partial charge < -0.3 is 4.90 Å². The Balaban J connectivity index is 1.56. The molecule has 2 aromatic heterocycles. The van der Waals surface area contributed by atoms with Crippen LogP contribution < -0.4 is 4.90 Å². The molecule has 0 N–H and O–H groups in total. The first-order valence-electron chi connectivity index (χ1n) is 6.48. The normalized spacial score (nSPS) is 16.4. The first-order valence-corrected chi connectivity index (χ1v) is 8.93. The van der Waals surface area contributed by atoms with Crippen molar-refractivity contribution in [2.45, 2.75) is 0 Å². The van der Waals surface area contributed by atoms with Crippen molar-refractivity contribution in [2.24, 2.45) is 0 Å². The molecular formula is C13H13Cl2N3OS2. The molecule has 0 spiro atoms. The number of hydrogen-bond acceptors (Lipinski definition) is 6. The Hall–Kier alpha value is -0.660. The van der Waals surface area contributed by atoms with E-state index in [4.69, 9.17) is 23.2 Å². The molecular weight excluding hydrogens is 349 g/mol.